The minimum atomic E-state index is -2.96. The number of aromatic amines is 1. The van der Waals surface area contributed by atoms with Gasteiger partial charge in [-0.3, -0.25) is 5.10 Å². The number of rotatable bonds is 5. The maximum Gasteiger partial charge on any atom is 0.195 e. The average molecular weight is 249 g/mol. The Morgan fingerprint density at radius 1 is 1.53 bits per heavy atom. The van der Waals surface area contributed by atoms with E-state index in [9.17, 15) is 8.42 Å². The third-order valence-electron chi connectivity index (χ3n) is 2.00. The Balaban J connectivity index is 2.83. The van der Waals surface area contributed by atoms with Crippen molar-refractivity contribution >= 4 is 22.1 Å². The van der Waals surface area contributed by atoms with E-state index in [1.807, 2.05) is 6.92 Å². The molecular formula is C8H15N3O2S2. The van der Waals surface area contributed by atoms with Gasteiger partial charge in [0.1, 0.15) is 15.7 Å². The molecule has 1 heterocycles. The Kier molecular flexibility index (Phi) is 4.04. The molecule has 0 saturated heterocycles. The van der Waals surface area contributed by atoms with Gasteiger partial charge in [-0.15, -0.1) is 0 Å². The first-order chi connectivity index (χ1) is 6.94. The summed E-state index contributed by atoms with van der Waals surface area (Å²) >= 11 is 5.03. The van der Waals surface area contributed by atoms with Crippen molar-refractivity contribution in [3.05, 3.63) is 10.6 Å². The van der Waals surface area contributed by atoms with E-state index in [4.69, 9.17) is 12.2 Å². The van der Waals surface area contributed by atoms with E-state index in [2.05, 4.69) is 10.2 Å². The highest BCUT2D eigenvalue weighted by Crippen LogP contribution is 2.02. The van der Waals surface area contributed by atoms with Crippen LogP contribution in [0, 0.1) is 4.77 Å². The van der Waals surface area contributed by atoms with Crippen LogP contribution in [0.3, 0.4) is 0 Å². The molecule has 0 saturated carbocycles. The van der Waals surface area contributed by atoms with E-state index in [-0.39, 0.29) is 5.75 Å². The smallest absolute Gasteiger partial charge is 0.195 e. The van der Waals surface area contributed by atoms with Crippen molar-refractivity contribution in [2.45, 2.75) is 26.3 Å². The van der Waals surface area contributed by atoms with Gasteiger partial charge in [0.2, 0.25) is 0 Å². The number of nitrogens with zero attached hydrogens (tertiary/aromatic N) is 2. The van der Waals surface area contributed by atoms with Crippen LogP contribution < -0.4 is 0 Å². The standard InChI is InChI=1S/C8H15N3O2S2/c1-3-4-7-9-10-8(14)11(7)5-6-15(2,12)13/h3-6H2,1-2H3,(H,10,14). The Labute approximate surface area is 94.4 Å². The zero-order valence-corrected chi connectivity index (χ0v) is 10.5. The monoisotopic (exact) mass is 249 g/mol. The first-order valence-electron chi connectivity index (χ1n) is 4.76. The third-order valence-corrected chi connectivity index (χ3v) is 3.23. The lowest BCUT2D eigenvalue weighted by atomic mass is 10.3. The molecule has 1 aromatic heterocycles. The fraction of sp³-hybridized carbons (Fsp3) is 0.750. The highest BCUT2D eigenvalue weighted by atomic mass is 32.2. The number of aromatic nitrogens is 3. The van der Waals surface area contributed by atoms with Gasteiger partial charge in [-0.2, -0.15) is 5.10 Å². The maximum atomic E-state index is 11.0. The molecule has 0 spiro atoms. The fourth-order valence-corrected chi connectivity index (χ4v) is 2.01. The van der Waals surface area contributed by atoms with Crippen molar-refractivity contribution in [3.8, 4) is 0 Å². The molecule has 1 aromatic rings. The second-order valence-corrected chi connectivity index (χ2v) is 6.12. The van der Waals surface area contributed by atoms with Crippen LogP contribution in [0.15, 0.2) is 0 Å². The number of nitrogens with one attached hydrogen (secondary N) is 1. The molecule has 0 aliphatic carbocycles. The van der Waals surface area contributed by atoms with Crippen LogP contribution in [0.4, 0.5) is 0 Å². The molecule has 0 aromatic carbocycles. The molecule has 0 radical (unpaired) electrons. The number of H-pyrrole nitrogens is 1. The molecule has 0 fully saturated rings. The first-order valence-corrected chi connectivity index (χ1v) is 7.22. The third kappa shape index (κ3) is 3.75. The molecule has 1 N–H and O–H groups in total. The Morgan fingerprint density at radius 3 is 2.73 bits per heavy atom. The second-order valence-electron chi connectivity index (χ2n) is 3.48. The van der Waals surface area contributed by atoms with Crippen molar-refractivity contribution in [2.24, 2.45) is 0 Å². The van der Waals surface area contributed by atoms with Gasteiger partial charge in [-0.05, 0) is 18.6 Å². The SMILES string of the molecule is CCCc1n[nH]c(=S)n1CCS(C)(=O)=O. The van der Waals surface area contributed by atoms with Crippen molar-refractivity contribution in [1.82, 2.24) is 14.8 Å². The molecular weight excluding hydrogens is 234 g/mol. The fourth-order valence-electron chi connectivity index (χ4n) is 1.25. The summed E-state index contributed by atoms with van der Waals surface area (Å²) in [5, 5.41) is 6.74. The topological polar surface area (TPSA) is 67.8 Å². The van der Waals surface area contributed by atoms with Crippen molar-refractivity contribution < 1.29 is 8.42 Å². The summed E-state index contributed by atoms with van der Waals surface area (Å²) in [6.45, 7) is 2.42. The second kappa shape index (κ2) is 4.89. The highest BCUT2D eigenvalue weighted by Gasteiger charge is 2.08. The Bertz CT molecular complexity index is 472. The highest BCUT2D eigenvalue weighted by molar-refractivity contribution is 7.90. The molecule has 0 atom stereocenters. The van der Waals surface area contributed by atoms with E-state index < -0.39 is 9.84 Å². The van der Waals surface area contributed by atoms with E-state index >= 15 is 0 Å². The Morgan fingerprint density at radius 2 is 2.20 bits per heavy atom. The lowest BCUT2D eigenvalue weighted by molar-refractivity contribution is 0.590. The predicted octanol–water partition coefficient (Wildman–Crippen LogP) is 0.938. The molecule has 5 nitrogen and oxygen atoms in total. The van der Waals surface area contributed by atoms with Gasteiger partial charge in [0.15, 0.2) is 4.77 Å². The van der Waals surface area contributed by atoms with Gasteiger partial charge in [-0.25, -0.2) is 8.42 Å². The van der Waals surface area contributed by atoms with Crippen LogP contribution >= 0.6 is 12.2 Å². The van der Waals surface area contributed by atoms with Crippen LogP contribution in [0.5, 0.6) is 0 Å². The molecule has 86 valence electrons. The number of aryl methyl sites for hydroxylation is 1. The largest absolute Gasteiger partial charge is 0.303 e. The van der Waals surface area contributed by atoms with Crippen LogP contribution in [-0.2, 0) is 22.8 Å². The minimum absolute atomic E-state index is 0.0948. The van der Waals surface area contributed by atoms with Gasteiger partial charge in [0.25, 0.3) is 0 Å². The zero-order chi connectivity index (χ0) is 11.5. The quantitative estimate of drug-likeness (QED) is 0.789. The van der Waals surface area contributed by atoms with Gasteiger partial charge >= 0.3 is 0 Å². The van der Waals surface area contributed by atoms with Gasteiger partial charge in [0, 0.05) is 19.2 Å². The lowest BCUT2D eigenvalue weighted by Crippen LogP contribution is -2.13. The predicted molar refractivity (Wildman–Crippen MR) is 61.1 cm³/mol. The summed E-state index contributed by atoms with van der Waals surface area (Å²) in [5.41, 5.74) is 0. The molecule has 15 heavy (non-hydrogen) atoms. The van der Waals surface area contributed by atoms with E-state index in [1.165, 1.54) is 6.26 Å². The molecule has 0 aliphatic rings. The molecule has 7 heteroatoms. The summed E-state index contributed by atoms with van der Waals surface area (Å²) in [5.74, 6) is 0.920. The zero-order valence-electron chi connectivity index (χ0n) is 8.86. The summed E-state index contributed by atoms with van der Waals surface area (Å²) in [6, 6.07) is 0. The van der Waals surface area contributed by atoms with Crippen LogP contribution in [-0.4, -0.2) is 35.2 Å². The minimum Gasteiger partial charge on any atom is -0.303 e. The van der Waals surface area contributed by atoms with Crippen molar-refractivity contribution in [3.63, 3.8) is 0 Å². The summed E-state index contributed by atoms with van der Waals surface area (Å²) in [6.07, 6.45) is 2.98. The lowest BCUT2D eigenvalue weighted by Gasteiger charge is -2.04. The Hall–Kier alpha value is -0.690. The normalized spacial score (nSPS) is 11.9. The summed E-state index contributed by atoms with van der Waals surface area (Å²) in [4.78, 5) is 0. The first kappa shape index (κ1) is 12.4. The maximum absolute atomic E-state index is 11.0. The molecule has 0 amide bonds. The molecule has 0 unspecified atom stereocenters. The summed E-state index contributed by atoms with van der Waals surface area (Å²) in [7, 11) is -2.96. The van der Waals surface area contributed by atoms with E-state index in [0.29, 0.717) is 11.3 Å². The van der Waals surface area contributed by atoms with Gasteiger partial charge in [0.05, 0.1) is 5.75 Å². The van der Waals surface area contributed by atoms with Crippen LogP contribution in [0.25, 0.3) is 0 Å². The van der Waals surface area contributed by atoms with Gasteiger partial charge in [-0.1, -0.05) is 6.92 Å². The summed E-state index contributed by atoms with van der Waals surface area (Å²) < 4.78 is 24.3. The van der Waals surface area contributed by atoms with Gasteiger partial charge < -0.3 is 4.57 Å². The van der Waals surface area contributed by atoms with Crippen molar-refractivity contribution in [2.75, 3.05) is 12.0 Å². The molecule has 1 rings (SSSR count). The average Bonchev–Trinajstić information content (AvgIpc) is 2.44. The number of hydrogen-bond acceptors (Lipinski definition) is 4. The number of hydrogen-bond donors (Lipinski definition) is 1. The number of sulfone groups is 1. The van der Waals surface area contributed by atoms with E-state index in [0.717, 1.165) is 18.7 Å². The van der Waals surface area contributed by atoms with Crippen LogP contribution in [0.2, 0.25) is 0 Å². The van der Waals surface area contributed by atoms with Crippen LogP contribution in [0.1, 0.15) is 19.2 Å². The molecule has 0 aliphatic heterocycles. The molecule has 0 bridgehead atoms. The van der Waals surface area contributed by atoms with Crippen molar-refractivity contribution in [1.29, 1.82) is 0 Å². The van der Waals surface area contributed by atoms with E-state index in [1.54, 1.807) is 4.57 Å².